The second-order valence-corrected chi connectivity index (χ2v) is 4.38. The van der Waals surface area contributed by atoms with Gasteiger partial charge in [0.15, 0.2) is 0 Å². The standard InChI is InChI=1S/C11H16N2O3/c14-10-7-6-9(11(15)16)12-13(10)8-4-2-1-3-5-8/h8H,1-7H2,(H,15,16). The van der Waals surface area contributed by atoms with Crippen molar-refractivity contribution in [3.8, 4) is 0 Å². The van der Waals surface area contributed by atoms with Crippen molar-refractivity contribution in [2.75, 3.05) is 0 Å². The van der Waals surface area contributed by atoms with E-state index in [4.69, 9.17) is 5.11 Å². The van der Waals surface area contributed by atoms with Gasteiger partial charge in [0.2, 0.25) is 5.91 Å². The molecule has 5 heteroatoms. The maximum absolute atomic E-state index is 11.7. The lowest BCUT2D eigenvalue weighted by Gasteiger charge is -2.32. The minimum Gasteiger partial charge on any atom is -0.477 e. The summed E-state index contributed by atoms with van der Waals surface area (Å²) in [5, 5.41) is 14.3. The molecule has 0 aromatic rings. The van der Waals surface area contributed by atoms with E-state index in [2.05, 4.69) is 5.10 Å². The van der Waals surface area contributed by atoms with Crippen LogP contribution in [-0.2, 0) is 9.59 Å². The first-order valence-electron chi connectivity index (χ1n) is 5.81. The molecule has 2 rings (SSSR count). The summed E-state index contributed by atoms with van der Waals surface area (Å²) in [6, 6.07) is 0.121. The summed E-state index contributed by atoms with van der Waals surface area (Å²) in [5.74, 6) is -1.04. The zero-order valence-electron chi connectivity index (χ0n) is 9.19. The van der Waals surface area contributed by atoms with Crippen LogP contribution in [0, 0.1) is 0 Å². The summed E-state index contributed by atoms with van der Waals surface area (Å²) in [6.45, 7) is 0. The molecule has 0 aromatic heterocycles. The third kappa shape index (κ3) is 2.23. The summed E-state index contributed by atoms with van der Waals surface area (Å²) < 4.78 is 0. The van der Waals surface area contributed by atoms with E-state index in [-0.39, 0.29) is 30.5 Å². The van der Waals surface area contributed by atoms with Crippen LogP contribution in [0.5, 0.6) is 0 Å². The Labute approximate surface area is 94.1 Å². The number of amides is 1. The first-order valence-corrected chi connectivity index (χ1v) is 5.81. The fourth-order valence-corrected chi connectivity index (χ4v) is 2.34. The molecule has 16 heavy (non-hydrogen) atoms. The van der Waals surface area contributed by atoms with Crippen molar-refractivity contribution in [3.63, 3.8) is 0 Å². The van der Waals surface area contributed by atoms with Crippen molar-refractivity contribution in [1.29, 1.82) is 0 Å². The van der Waals surface area contributed by atoms with Gasteiger partial charge in [-0.25, -0.2) is 9.80 Å². The van der Waals surface area contributed by atoms with Crippen LogP contribution in [0.15, 0.2) is 5.10 Å². The summed E-state index contributed by atoms with van der Waals surface area (Å²) in [5.41, 5.74) is 0.116. The largest absolute Gasteiger partial charge is 0.477 e. The van der Waals surface area contributed by atoms with Gasteiger partial charge in [0.1, 0.15) is 5.71 Å². The number of carbonyl (C=O) groups is 2. The van der Waals surface area contributed by atoms with Crippen LogP contribution < -0.4 is 0 Å². The smallest absolute Gasteiger partial charge is 0.352 e. The highest BCUT2D eigenvalue weighted by molar-refractivity contribution is 6.36. The third-order valence-corrected chi connectivity index (χ3v) is 3.23. The van der Waals surface area contributed by atoms with E-state index in [0.717, 1.165) is 25.7 Å². The molecule has 0 unspecified atom stereocenters. The third-order valence-electron chi connectivity index (χ3n) is 3.23. The van der Waals surface area contributed by atoms with E-state index in [9.17, 15) is 9.59 Å². The van der Waals surface area contributed by atoms with E-state index in [1.165, 1.54) is 11.4 Å². The molecule has 1 saturated carbocycles. The Bertz CT molecular complexity index is 332. The highest BCUT2D eigenvalue weighted by atomic mass is 16.4. The van der Waals surface area contributed by atoms with Gasteiger partial charge in [0.05, 0.1) is 6.04 Å². The van der Waals surface area contributed by atoms with Crippen LogP contribution in [0.4, 0.5) is 0 Å². The second kappa shape index (κ2) is 4.63. The lowest BCUT2D eigenvalue weighted by molar-refractivity contribution is -0.135. The number of aliphatic carboxylic acids is 1. The Morgan fingerprint density at radius 3 is 2.56 bits per heavy atom. The lowest BCUT2D eigenvalue weighted by atomic mass is 9.94. The quantitative estimate of drug-likeness (QED) is 0.770. The van der Waals surface area contributed by atoms with Gasteiger partial charge in [-0.1, -0.05) is 19.3 Å². The summed E-state index contributed by atoms with van der Waals surface area (Å²) in [4.78, 5) is 22.5. The fraction of sp³-hybridized carbons (Fsp3) is 0.727. The Hall–Kier alpha value is -1.39. The molecular weight excluding hydrogens is 208 g/mol. The van der Waals surface area contributed by atoms with E-state index in [1.54, 1.807) is 0 Å². The number of hydrazone groups is 1. The van der Waals surface area contributed by atoms with E-state index in [0.29, 0.717) is 0 Å². The zero-order valence-corrected chi connectivity index (χ0v) is 9.19. The van der Waals surface area contributed by atoms with Gasteiger partial charge in [0, 0.05) is 12.8 Å². The molecule has 2 aliphatic rings. The summed E-state index contributed by atoms with van der Waals surface area (Å²) in [6.07, 6.45) is 5.84. The Balaban J connectivity index is 2.13. The maximum atomic E-state index is 11.7. The van der Waals surface area contributed by atoms with Gasteiger partial charge in [-0.05, 0) is 12.8 Å². The molecule has 1 heterocycles. The Kier molecular flexibility index (Phi) is 3.22. The van der Waals surface area contributed by atoms with Crippen molar-refractivity contribution >= 4 is 17.6 Å². The Morgan fingerprint density at radius 1 is 1.25 bits per heavy atom. The van der Waals surface area contributed by atoms with E-state index in [1.807, 2.05) is 0 Å². The molecule has 1 amide bonds. The lowest BCUT2D eigenvalue weighted by Crippen LogP contribution is -2.42. The molecule has 0 aromatic carbocycles. The van der Waals surface area contributed by atoms with Crippen molar-refractivity contribution in [2.45, 2.75) is 51.0 Å². The molecule has 0 saturated heterocycles. The predicted molar refractivity (Wildman–Crippen MR) is 58.0 cm³/mol. The van der Waals surface area contributed by atoms with Crippen LogP contribution in [0.25, 0.3) is 0 Å². The first-order chi connectivity index (χ1) is 7.68. The zero-order chi connectivity index (χ0) is 11.5. The van der Waals surface area contributed by atoms with Crippen molar-refractivity contribution < 1.29 is 14.7 Å². The molecule has 0 atom stereocenters. The van der Waals surface area contributed by atoms with Crippen molar-refractivity contribution in [3.05, 3.63) is 0 Å². The van der Waals surface area contributed by atoms with Crippen LogP contribution in [0.2, 0.25) is 0 Å². The molecule has 1 aliphatic heterocycles. The molecule has 1 fully saturated rings. The molecule has 0 radical (unpaired) electrons. The molecule has 5 nitrogen and oxygen atoms in total. The Morgan fingerprint density at radius 2 is 1.94 bits per heavy atom. The average molecular weight is 224 g/mol. The van der Waals surface area contributed by atoms with Gasteiger partial charge >= 0.3 is 5.97 Å². The van der Waals surface area contributed by atoms with Gasteiger partial charge in [0.25, 0.3) is 0 Å². The maximum Gasteiger partial charge on any atom is 0.352 e. The molecule has 88 valence electrons. The number of carboxylic acids is 1. The van der Waals surface area contributed by atoms with Crippen LogP contribution in [0.1, 0.15) is 44.9 Å². The molecular formula is C11H16N2O3. The van der Waals surface area contributed by atoms with E-state index >= 15 is 0 Å². The molecule has 1 aliphatic carbocycles. The van der Waals surface area contributed by atoms with Crippen molar-refractivity contribution in [2.24, 2.45) is 5.10 Å². The monoisotopic (exact) mass is 224 g/mol. The predicted octanol–water partition coefficient (Wildman–Crippen LogP) is 1.38. The normalized spacial score (nSPS) is 23.1. The van der Waals surface area contributed by atoms with Gasteiger partial charge in [-0.3, -0.25) is 4.79 Å². The van der Waals surface area contributed by atoms with Gasteiger partial charge in [-0.2, -0.15) is 5.10 Å². The van der Waals surface area contributed by atoms with Crippen LogP contribution in [-0.4, -0.2) is 33.7 Å². The topological polar surface area (TPSA) is 70.0 Å². The highest BCUT2D eigenvalue weighted by Gasteiger charge is 2.30. The minimum atomic E-state index is -1.01. The highest BCUT2D eigenvalue weighted by Crippen LogP contribution is 2.25. The number of hydrogen-bond donors (Lipinski definition) is 1. The van der Waals surface area contributed by atoms with Gasteiger partial charge in [-0.15, -0.1) is 0 Å². The fourth-order valence-electron chi connectivity index (χ4n) is 2.34. The summed E-state index contributed by atoms with van der Waals surface area (Å²) >= 11 is 0. The van der Waals surface area contributed by atoms with Gasteiger partial charge < -0.3 is 5.11 Å². The number of nitrogens with zero attached hydrogens (tertiary/aromatic N) is 2. The second-order valence-electron chi connectivity index (χ2n) is 4.38. The summed E-state index contributed by atoms with van der Waals surface area (Å²) in [7, 11) is 0. The van der Waals surface area contributed by atoms with E-state index < -0.39 is 5.97 Å². The average Bonchev–Trinajstić information content (AvgIpc) is 2.30. The molecule has 0 bridgehead atoms. The number of carbonyl (C=O) groups excluding carboxylic acids is 1. The SMILES string of the molecule is O=C(O)C1=NN(C2CCCCC2)C(=O)CC1. The first kappa shape index (κ1) is 11.1. The molecule has 1 N–H and O–H groups in total. The number of carboxylic acid groups (broad SMARTS) is 1. The number of rotatable bonds is 2. The number of hydrogen-bond acceptors (Lipinski definition) is 3. The van der Waals surface area contributed by atoms with Crippen molar-refractivity contribution in [1.82, 2.24) is 5.01 Å². The molecule has 0 spiro atoms. The minimum absolute atomic E-state index is 0.0306. The van der Waals surface area contributed by atoms with Crippen LogP contribution in [0.3, 0.4) is 0 Å². The van der Waals surface area contributed by atoms with Crippen LogP contribution >= 0.6 is 0 Å².